The van der Waals surface area contributed by atoms with E-state index in [-0.39, 0.29) is 5.69 Å². The summed E-state index contributed by atoms with van der Waals surface area (Å²) in [5.41, 5.74) is 2.50. The van der Waals surface area contributed by atoms with Crippen LogP contribution in [-0.4, -0.2) is 27.1 Å². The van der Waals surface area contributed by atoms with E-state index in [1.54, 1.807) is 10.6 Å². The van der Waals surface area contributed by atoms with Crippen LogP contribution < -0.4 is 4.74 Å². The second-order valence-electron chi connectivity index (χ2n) is 5.36. The van der Waals surface area contributed by atoms with Crippen LogP contribution in [0.5, 0.6) is 5.75 Å². The number of benzene rings is 1. The van der Waals surface area contributed by atoms with Gasteiger partial charge in [0.15, 0.2) is 5.69 Å². The first kappa shape index (κ1) is 15.1. The Morgan fingerprint density at radius 1 is 1.22 bits per heavy atom. The molecule has 0 aliphatic heterocycles. The van der Waals surface area contributed by atoms with Gasteiger partial charge in [0.25, 0.3) is 0 Å². The summed E-state index contributed by atoms with van der Waals surface area (Å²) in [5.74, 6) is -0.140. The Hall–Kier alpha value is -2.82. The van der Waals surface area contributed by atoms with E-state index in [1.165, 1.54) is 0 Å². The SMILES string of the molecule is Cc1cccn2c(C(=O)O)c(CCCOc3ccccc3)nc12. The zero-order valence-electron chi connectivity index (χ0n) is 12.9. The Kier molecular flexibility index (Phi) is 4.28. The molecule has 0 amide bonds. The van der Waals surface area contributed by atoms with Crippen molar-refractivity contribution < 1.29 is 14.6 Å². The number of hydrogen-bond donors (Lipinski definition) is 1. The molecule has 0 bridgehead atoms. The number of fused-ring (bicyclic) bond motifs is 1. The average molecular weight is 310 g/mol. The molecule has 23 heavy (non-hydrogen) atoms. The fourth-order valence-electron chi connectivity index (χ4n) is 2.60. The number of pyridine rings is 1. The van der Waals surface area contributed by atoms with E-state index in [9.17, 15) is 9.90 Å². The topological polar surface area (TPSA) is 63.8 Å². The van der Waals surface area contributed by atoms with Gasteiger partial charge in [-0.3, -0.25) is 4.40 Å². The minimum absolute atomic E-state index is 0.239. The summed E-state index contributed by atoms with van der Waals surface area (Å²) in [6.07, 6.45) is 3.01. The third-order valence-electron chi connectivity index (χ3n) is 3.69. The molecule has 0 aliphatic carbocycles. The lowest BCUT2D eigenvalue weighted by molar-refractivity contribution is 0.0688. The standard InChI is InChI=1S/C18H18N2O3/c1-13-7-5-11-20-16(18(21)22)15(19-17(13)20)10-6-12-23-14-8-3-2-4-9-14/h2-5,7-9,11H,6,10,12H2,1H3,(H,21,22). The summed E-state index contributed by atoms with van der Waals surface area (Å²) in [6, 6.07) is 13.3. The number of aromatic nitrogens is 2. The summed E-state index contributed by atoms with van der Waals surface area (Å²) in [4.78, 5) is 16.1. The molecule has 0 fully saturated rings. The maximum Gasteiger partial charge on any atom is 0.354 e. The van der Waals surface area contributed by atoms with Gasteiger partial charge < -0.3 is 9.84 Å². The van der Waals surface area contributed by atoms with E-state index in [0.717, 1.165) is 11.3 Å². The number of hydrogen-bond acceptors (Lipinski definition) is 3. The van der Waals surface area contributed by atoms with Crippen molar-refractivity contribution in [2.75, 3.05) is 6.61 Å². The van der Waals surface area contributed by atoms with Crippen molar-refractivity contribution in [3.8, 4) is 5.75 Å². The van der Waals surface area contributed by atoms with E-state index in [4.69, 9.17) is 4.74 Å². The number of carbonyl (C=O) groups is 1. The molecule has 3 aromatic rings. The van der Waals surface area contributed by atoms with Gasteiger partial charge in [-0.2, -0.15) is 0 Å². The van der Waals surface area contributed by atoms with Gasteiger partial charge in [0, 0.05) is 6.20 Å². The van der Waals surface area contributed by atoms with Crippen molar-refractivity contribution in [1.29, 1.82) is 0 Å². The van der Waals surface area contributed by atoms with Crippen molar-refractivity contribution in [2.45, 2.75) is 19.8 Å². The van der Waals surface area contributed by atoms with E-state index < -0.39 is 5.97 Å². The quantitative estimate of drug-likeness (QED) is 0.709. The second-order valence-corrected chi connectivity index (χ2v) is 5.36. The number of nitrogens with zero attached hydrogens (tertiary/aromatic N) is 2. The van der Waals surface area contributed by atoms with Crippen LogP contribution in [0.4, 0.5) is 0 Å². The van der Waals surface area contributed by atoms with Gasteiger partial charge in [-0.15, -0.1) is 0 Å². The minimum Gasteiger partial charge on any atom is -0.494 e. The molecule has 2 heterocycles. The molecular formula is C18H18N2O3. The molecule has 3 rings (SSSR count). The van der Waals surface area contributed by atoms with Gasteiger partial charge in [0.05, 0.1) is 12.3 Å². The molecule has 1 aromatic carbocycles. The molecule has 118 valence electrons. The number of ether oxygens (including phenoxy) is 1. The normalized spacial score (nSPS) is 10.8. The zero-order valence-corrected chi connectivity index (χ0v) is 12.9. The fourth-order valence-corrected chi connectivity index (χ4v) is 2.60. The molecule has 1 N–H and O–H groups in total. The Bertz CT molecular complexity index is 825. The van der Waals surface area contributed by atoms with Crippen molar-refractivity contribution in [2.24, 2.45) is 0 Å². The monoisotopic (exact) mass is 310 g/mol. The van der Waals surface area contributed by atoms with Crippen molar-refractivity contribution in [1.82, 2.24) is 9.38 Å². The Morgan fingerprint density at radius 3 is 2.74 bits per heavy atom. The van der Waals surface area contributed by atoms with Gasteiger partial charge in [-0.25, -0.2) is 9.78 Å². The lowest BCUT2D eigenvalue weighted by Crippen LogP contribution is -2.07. The van der Waals surface area contributed by atoms with Crippen molar-refractivity contribution in [3.63, 3.8) is 0 Å². The molecule has 0 saturated carbocycles. The minimum atomic E-state index is -0.956. The van der Waals surface area contributed by atoms with Crippen LogP contribution in [0.3, 0.4) is 0 Å². The fraction of sp³-hybridized carbons (Fsp3) is 0.222. The summed E-state index contributed by atoms with van der Waals surface area (Å²) >= 11 is 0. The van der Waals surface area contributed by atoms with Crippen LogP contribution in [0.15, 0.2) is 48.7 Å². The highest BCUT2D eigenvalue weighted by Gasteiger charge is 2.18. The molecule has 2 aromatic heterocycles. The van der Waals surface area contributed by atoms with E-state index in [2.05, 4.69) is 4.98 Å². The largest absolute Gasteiger partial charge is 0.494 e. The van der Waals surface area contributed by atoms with Gasteiger partial charge in [-0.05, 0) is 43.5 Å². The van der Waals surface area contributed by atoms with E-state index >= 15 is 0 Å². The first-order chi connectivity index (χ1) is 11.2. The lowest BCUT2D eigenvalue weighted by Gasteiger charge is -2.05. The average Bonchev–Trinajstić information content (AvgIpc) is 2.92. The third-order valence-corrected chi connectivity index (χ3v) is 3.69. The molecule has 5 nitrogen and oxygen atoms in total. The molecule has 0 radical (unpaired) electrons. The van der Waals surface area contributed by atoms with Crippen LogP contribution >= 0.6 is 0 Å². The maximum absolute atomic E-state index is 11.6. The van der Waals surface area contributed by atoms with Crippen LogP contribution in [0, 0.1) is 6.92 Å². The van der Waals surface area contributed by atoms with E-state index in [1.807, 2.05) is 49.4 Å². The molecule has 0 atom stereocenters. The number of aryl methyl sites for hydroxylation is 2. The molecule has 0 aliphatic rings. The summed E-state index contributed by atoms with van der Waals surface area (Å²) in [6.45, 7) is 2.45. The van der Waals surface area contributed by atoms with Gasteiger partial charge in [-0.1, -0.05) is 24.3 Å². The Morgan fingerprint density at radius 2 is 2.00 bits per heavy atom. The number of rotatable bonds is 6. The summed E-state index contributed by atoms with van der Waals surface area (Å²) in [7, 11) is 0. The van der Waals surface area contributed by atoms with Crippen LogP contribution in [-0.2, 0) is 6.42 Å². The maximum atomic E-state index is 11.6. The Labute approximate surface area is 134 Å². The number of carboxylic acids is 1. The predicted octanol–water partition coefficient (Wildman–Crippen LogP) is 3.35. The molecule has 0 saturated heterocycles. The highest BCUT2D eigenvalue weighted by molar-refractivity contribution is 5.88. The molecule has 0 unspecified atom stereocenters. The number of aromatic carboxylic acids is 1. The second kappa shape index (κ2) is 6.52. The zero-order chi connectivity index (χ0) is 16.2. The van der Waals surface area contributed by atoms with E-state index in [0.29, 0.717) is 30.8 Å². The smallest absolute Gasteiger partial charge is 0.354 e. The van der Waals surface area contributed by atoms with Gasteiger partial charge in [0.1, 0.15) is 11.4 Å². The number of imidazole rings is 1. The first-order valence-electron chi connectivity index (χ1n) is 7.54. The third kappa shape index (κ3) is 3.18. The summed E-state index contributed by atoms with van der Waals surface area (Å²) < 4.78 is 7.29. The highest BCUT2D eigenvalue weighted by Crippen LogP contribution is 2.18. The van der Waals surface area contributed by atoms with Crippen molar-refractivity contribution in [3.05, 3.63) is 65.6 Å². The molecule has 0 spiro atoms. The van der Waals surface area contributed by atoms with Gasteiger partial charge >= 0.3 is 5.97 Å². The Balaban J connectivity index is 1.73. The van der Waals surface area contributed by atoms with Crippen LogP contribution in [0.25, 0.3) is 5.65 Å². The van der Waals surface area contributed by atoms with Crippen molar-refractivity contribution >= 4 is 11.6 Å². The van der Waals surface area contributed by atoms with Gasteiger partial charge in [0.2, 0.25) is 0 Å². The molecular weight excluding hydrogens is 292 g/mol. The molecule has 5 heteroatoms. The first-order valence-corrected chi connectivity index (χ1v) is 7.54. The summed E-state index contributed by atoms with van der Waals surface area (Å²) in [5, 5.41) is 9.49. The lowest BCUT2D eigenvalue weighted by atomic mass is 10.2. The highest BCUT2D eigenvalue weighted by atomic mass is 16.5. The number of carboxylic acid groups (broad SMARTS) is 1. The predicted molar refractivity (Wildman–Crippen MR) is 87.1 cm³/mol. The van der Waals surface area contributed by atoms with Crippen LogP contribution in [0.1, 0.15) is 28.2 Å². The van der Waals surface area contributed by atoms with Crippen LogP contribution in [0.2, 0.25) is 0 Å². The number of para-hydroxylation sites is 1.